The number of anilines is 1. The number of carbonyl (C=O) groups is 2. The van der Waals surface area contributed by atoms with Crippen LogP contribution in [0.3, 0.4) is 0 Å². The number of likely N-dealkylation sites (tertiary alicyclic amines) is 1. The van der Waals surface area contributed by atoms with E-state index in [0.717, 1.165) is 19.4 Å². The van der Waals surface area contributed by atoms with Gasteiger partial charge in [-0.15, -0.1) is 0 Å². The highest BCUT2D eigenvalue weighted by atomic mass is 35.5. The molecule has 2 aliphatic rings. The van der Waals surface area contributed by atoms with Gasteiger partial charge in [-0.2, -0.15) is 0 Å². The van der Waals surface area contributed by atoms with E-state index in [1.54, 1.807) is 36.1 Å². The summed E-state index contributed by atoms with van der Waals surface area (Å²) in [6.07, 6.45) is 2.04. The normalized spacial score (nSPS) is 23.4. The summed E-state index contributed by atoms with van der Waals surface area (Å²) in [5.74, 6) is -0.284. The number of amides is 2. The second kappa shape index (κ2) is 6.20. The lowest BCUT2D eigenvalue weighted by molar-refractivity contribution is -0.138. The van der Waals surface area contributed by atoms with Crippen LogP contribution in [-0.4, -0.2) is 41.1 Å². The Hall–Kier alpha value is -2.08. The van der Waals surface area contributed by atoms with E-state index in [0.29, 0.717) is 29.4 Å². The molecule has 3 rings (SSSR count). The van der Waals surface area contributed by atoms with E-state index in [2.05, 4.69) is 10.5 Å². The van der Waals surface area contributed by atoms with Crippen molar-refractivity contribution in [3.8, 4) is 0 Å². The van der Waals surface area contributed by atoms with Crippen molar-refractivity contribution in [3.05, 3.63) is 29.3 Å². The Bertz CT molecular complexity index is 676. The lowest BCUT2D eigenvalue weighted by Crippen LogP contribution is -2.50. The number of rotatable bonds is 2. The molecule has 2 aliphatic heterocycles. The third kappa shape index (κ3) is 3.47. The van der Waals surface area contributed by atoms with Crippen molar-refractivity contribution in [2.75, 3.05) is 18.4 Å². The molecule has 1 spiro atoms. The Kier molecular flexibility index (Phi) is 4.26. The van der Waals surface area contributed by atoms with Gasteiger partial charge in [0.25, 0.3) is 5.91 Å². The average Bonchev–Trinajstić information content (AvgIpc) is 2.91. The molecule has 1 fully saturated rings. The predicted octanol–water partition coefficient (Wildman–Crippen LogP) is 2.44. The van der Waals surface area contributed by atoms with Crippen molar-refractivity contribution in [1.82, 2.24) is 4.90 Å². The fraction of sp³-hybridized carbons (Fsp3) is 0.438. The van der Waals surface area contributed by atoms with Crippen LogP contribution in [-0.2, 0) is 14.4 Å². The highest BCUT2D eigenvalue weighted by Crippen LogP contribution is 2.33. The van der Waals surface area contributed by atoms with E-state index in [1.807, 2.05) is 0 Å². The Morgan fingerprint density at radius 2 is 2.26 bits per heavy atom. The zero-order chi connectivity index (χ0) is 16.4. The van der Waals surface area contributed by atoms with Crippen molar-refractivity contribution in [2.24, 2.45) is 5.16 Å². The van der Waals surface area contributed by atoms with Crippen LogP contribution < -0.4 is 5.32 Å². The Morgan fingerprint density at radius 1 is 1.43 bits per heavy atom. The summed E-state index contributed by atoms with van der Waals surface area (Å²) in [6.45, 7) is 2.74. The maximum absolute atomic E-state index is 12.3. The van der Waals surface area contributed by atoms with Crippen molar-refractivity contribution < 1.29 is 14.4 Å². The number of hydrogen-bond acceptors (Lipinski definition) is 4. The van der Waals surface area contributed by atoms with Crippen LogP contribution in [0.25, 0.3) is 0 Å². The fourth-order valence-electron chi connectivity index (χ4n) is 3.00. The van der Waals surface area contributed by atoms with Gasteiger partial charge in [-0.25, -0.2) is 0 Å². The van der Waals surface area contributed by atoms with Crippen molar-refractivity contribution >= 4 is 34.8 Å². The minimum absolute atomic E-state index is 0.0181. The van der Waals surface area contributed by atoms with Crippen LogP contribution in [0.2, 0.25) is 5.02 Å². The molecule has 122 valence electrons. The molecule has 1 N–H and O–H groups in total. The number of carbonyl (C=O) groups excluding carboxylic acids is 2. The molecule has 1 aromatic carbocycles. The number of oxime groups is 1. The summed E-state index contributed by atoms with van der Waals surface area (Å²) in [4.78, 5) is 31.2. The number of nitrogens with zero attached hydrogens (tertiary/aromatic N) is 2. The maximum atomic E-state index is 12.3. The van der Waals surface area contributed by atoms with Gasteiger partial charge in [-0.3, -0.25) is 9.59 Å². The minimum Gasteiger partial charge on any atom is -0.386 e. The van der Waals surface area contributed by atoms with E-state index in [-0.39, 0.29) is 11.8 Å². The smallest absolute Gasteiger partial charge is 0.273 e. The largest absolute Gasteiger partial charge is 0.386 e. The van der Waals surface area contributed by atoms with Crippen molar-refractivity contribution in [3.63, 3.8) is 0 Å². The SMILES string of the molecule is CC(=O)N1CCCC2(CC(C(=O)Nc3cccc(Cl)c3)=NO2)C1. The van der Waals surface area contributed by atoms with Crippen LogP contribution >= 0.6 is 11.6 Å². The quantitative estimate of drug-likeness (QED) is 0.902. The topological polar surface area (TPSA) is 71.0 Å². The average molecular weight is 336 g/mol. The van der Waals surface area contributed by atoms with Crippen molar-refractivity contribution in [1.29, 1.82) is 0 Å². The van der Waals surface area contributed by atoms with Crippen LogP contribution in [0.15, 0.2) is 29.4 Å². The molecule has 0 radical (unpaired) electrons. The van der Waals surface area contributed by atoms with Gasteiger partial charge in [0.15, 0.2) is 5.60 Å². The molecule has 0 aromatic heterocycles. The molecule has 7 heteroatoms. The number of nitrogens with one attached hydrogen (secondary N) is 1. The van der Waals surface area contributed by atoms with Gasteiger partial charge in [-0.05, 0) is 31.0 Å². The Balaban J connectivity index is 1.64. The third-order valence-corrected chi connectivity index (χ3v) is 4.40. The number of halogens is 1. The first kappa shape index (κ1) is 15.8. The molecular weight excluding hydrogens is 318 g/mol. The van der Waals surface area contributed by atoms with E-state index in [9.17, 15) is 9.59 Å². The summed E-state index contributed by atoms with van der Waals surface area (Å²) in [6, 6.07) is 6.93. The first-order chi connectivity index (χ1) is 11.0. The van der Waals surface area contributed by atoms with Crippen LogP contribution in [0.4, 0.5) is 5.69 Å². The first-order valence-corrected chi connectivity index (χ1v) is 7.93. The zero-order valence-corrected chi connectivity index (χ0v) is 13.6. The number of piperidine rings is 1. The molecule has 1 atom stereocenters. The number of hydrogen-bond donors (Lipinski definition) is 1. The Labute approximate surface area is 139 Å². The highest BCUT2D eigenvalue weighted by Gasteiger charge is 2.45. The first-order valence-electron chi connectivity index (χ1n) is 7.55. The second-order valence-corrected chi connectivity index (χ2v) is 6.43. The van der Waals surface area contributed by atoms with Crippen LogP contribution in [0.1, 0.15) is 26.2 Å². The molecule has 1 unspecified atom stereocenters. The molecule has 1 saturated heterocycles. The maximum Gasteiger partial charge on any atom is 0.273 e. The standard InChI is InChI=1S/C16H18ClN3O3/c1-11(21)20-7-3-6-16(10-20)9-14(19-23-16)15(22)18-13-5-2-4-12(17)8-13/h2,4-5,8H,3,6-7,9-10H2,1H3,(H,18,22). The van der Waals surface area contributed by atoms with Gasteiger partial charge >= 0.3 is 0 Å². The van der Waals surface area contributed by atoms with Crippen molar-refractivity contribution in [2.45, 2.75) is 31.8 Å². The Morgan fingerprint density at radius 3 is 3.00 bits per heavy atom. The molecule has 0 saturated carbocycles. The highest BCUT2D eigenvalue weighted by molar-refractivity contribution is 6.43. The number of benzene rings is 1. The molecule has 1 aromatic rings. The van der Waals surface area contributed by atoms with E-state index < -0.39 is 5.60 Å². The molecular formula is C16H18ClN3O3. The zero-order valence-electron chi connectivity index (χ0n) is 12.8. The lowest BCUT2D eigenvalue weighted by Gasteiger charge is -2.37. The fourth-order valence-corrected chi connectivity index (χ4v) is 3.19. The summed E-state index contributed by atoms with van der Waals surface area (Å²) in [5, 5.41) is 7.27. The predicted molar refractivity (Wildman–Crippen MR) is 87.4 cm³/mol. The summed E-state index contributed by atoms with van der Waals surface area (Å²) in [7, 11) is 0. The van der Waals surface area contributed by atoms with E-state index in [4.69, 9.17) is 16.4 Å². The van der Waals surface area contributed by atoms with Crippen LogP contribution in [0, 0.1) is 0 Å². The molecule has 23 heavy (non-hydrogen) atoms. The van der Waals surface area contributed by atoms with Gasteiger partial charge in [0.1, 0.15) is 5.71 Å². The lowest BCUT2D eigenvalue weighted by atomic mass is 9.88. The minimum atomic E-state index is -0.565. The molecule has 2 amide bonds. The molecule has 2 heterocycles. The molecule has 0 bridgehead atoms. The molecule has 6 nitrogen and oxygen atoms in total. The summed E-state index contributed by atoms with van der Waals surface area (Å²) in [5.41, 5.74) is 0.390. The van der Waals surface area contributed by atoms with Gasteiger partial charge in [0, 0.05) is 30.6 Å². The van der Waals surface area contributed by atoms with Gasteiger partial charge < -0.3 is 15.1 Å². The van der Waals surface area contributed by atoms with E-state index in [1.165, 1.54) is 0 Å². The second-order valence-electron chi connectivity index (χ2n) is 6.00. The monoisotopic (exact) mass is 335 g/mol. The van der Waals surface area contributed by atoms with Gasteiger partial charge in [0.2, 0.25) is 5.91 Å². The summed E-state index contributed by atoms with van der Waals surface area (Å²) < 4.78 is 0. The van der Waals surface area contributed by atoms with E-state index >= 15 is 0 Å². The molecule has 0 aliphatic carbocycles. The third-order valence-electron chi connectivity index (χ3n) is 4.17. The summed E-state index contributed by atoms with van der Waals surface area (Å²) >= 11 is 5.91. The van der Waals surface area contributed by atoms with Gasteiger partial charge in [-0.1, -0.05) is 22.8 Å². The van der Waals surface area contributed by atoms with Crippen LogP contribution in [0.5, 0.6) is 0 Å². The van der Waals surface area contributed by atoms with Gasteiger partial charge in [0.05, 0.1) is 6.54 Å².